The summed E-state index contributed by atoms with van der Waals surface area (Å²) in [4.78, 5) is 0. The van der Waals surface area contributed by atoms with Gasteiger partial charge in [0.2, 0.25) is 0 Å². The van der Waals surface area contributed by atoms with E-state index < -0.39 is 7.67 Å². The molecule has 0 atom stereocenters. The van der Waals surface area contributed by atoms with E-state index >= 15 is 0 Å². The van der Waals surface area contributed by atoms with Crippen LogP contribution in [0.2, 0.25) is 0 Å². The Morgan fingerprint density at radius 2 is 1.77 bits per heavy atom. The Hall–Kier alpha value is -0.330. The van der Waals surface area contributed by atoms with Crippen molar-refractivity contribution in [2.24, 2.45) is 0 Å². The fourth-order valence-electron chi connectivity index (χ4n) is 0.812. The van der Waals surface area contributed by atoms with Crippen LogP contribution in [0.4, 0.5) is 0 Å². The summed E-state index contributed by atoms with van der Waals surface area (Å²) < 4.78 is 20.5. The third-order valence-electron chi connectivity index (χ3n) is 1.52. The maximum absolute atomic E-state index is 12.0. The van der Waals surface area contributed by atoms with E-state index in [1.54, 1.807) is 37.5 Å². The lowest BCUT2D eigenvalue weighted by Crippen LogP contribution is -2.22. The van der Waals surface area contributed by atoms with Crippen LogP contribution in [0.15, 0.2) is 0 Å². The molecule has 0 unspecified atom stereocenters. The molecule has 0 aromatic carbocycles. The molecule has 0 fully saturated rings. The van der Waals surface area contributed by atoms with Gasteiger partial charge in [-0.05, 0) is 28.2 Å². The summed E-state index contributed by atoms with van der Waals surface area (Å²) in [5.41, 5.74) is 0. The molecule has 0 spiro atoms. The van der Waals surface area contributed by atoms with E-state index in [4.69, 9.17) is 10.9 Å². The van der Waals surface area contributed by atoms with Gasteiger partial charge in [0, 0.05) is 6.42 Å². The van der Waals surface area contributed by atoms with Gasteiger partial charge in [0.1, 0.15) is 0 Å². The lowest BCUT2D eigenvalue weighted by atomic mass is 10.5. The number of rotatable bonds is 5. The quantitative estimate of drug-likeness (QED) is 0.383. The normalized spacial score (nSPS) is 12.1. The van der Waals surface area contributed by atoms with Crippen LogP contribution in [0.5, 0.6) is 0 Å². The summed E-state index contributed by atoms with van der Waals surface area (Å²) in [5.74, 6) is 2.43. The van der Waals surface area contributed by atoms with Crippen LogP contribution < -0.4 is 0 Å². The van der Waals surface area contributed by atoms with Gasteiger partial charge in [0.05, 0.1) is 6.61 Å². The van der Waals surface area contributed by atoms with Crippen molar-refractivity contribution in [2.45, 2.75) is 6.42 Å². The van der Waals surface area contributed by atoms with Crippen LogP contribution >= 0.6 is 7.67 Å². The summed E-state index contributed by atoms with van der Waals surface area (Å²) in [6, 6.07) is 0. The SMILES string of the molecule is C#CCCOP(=O)(N(C)C)N(C)C. The highest BCUT2D eigenvalue weighted by Crippen LogP contribution is 2.50. The minimum absolute atomic E-state index is 0.324. The molecule has 0 saturated heterocycles. The van der Waals surface area contributed by atoms with Crippen molar-refractivity contribution in [3.05, 3.63) is 0 Å². The molecule has 0 bridgehead atoms. The highest BCUT2D eigenvalue weighted by molar-refractivity contribution is 7.53. The molecule has 0 rings (SSSR count). The van der Waals surface area contributed by atoms with Gasteiger partial charge < -0.3 is 4.52 Å². The van der Waals surface area contributed by atoms with Crippen LogP contribution in [0.25, 0.3) is 0 Å². The summed E-state index contributed by atoms with van der Waals surface area (Å²) in [7, 11) is 4.05. The molecule has 0 heterocycles. The predicted molar refractivity (Wildman–Crippen MR) is 54.4 cm³/mol. The lowest BCUT2D eigenvalue weighted by molar-refractivity contribution is 0.251. The molecule has 0 aliphatic carbocycles. The van der Waals surface area contributed by atoms with Crippen LogP contribution in [-0.2, 0) is 9.09 Å². The van der Waals surface area contributed by atoms with E-state index in [1.807, 2.05) is 0 Å². The fourth-order valence-corrected chi connectivity index (χ4v) is 2.32. The smallest absolute Gasteiger partial charge is 0.305 e. The van der Waals surface area contributed by atoms with Gasteiger partial charge in [-0.2, -0.15) is 0 Å². The van der Waals surface area contributed by atoms with Gasteiger partial charge in [-0.25, -0.2) is 9.34 Å². The van der Waals surface area contributed by atoms with Crippen molar-refractivity contribution in [1.29, 1.82) is 0 Å². The lowest BCUT2D eigenvalue weighted by Gasteiger charge is -2.29. The van der Waals surface area contributed by atoms with Crippen molar-refractivity contribution in [3.63, 3.8) is 0 Å². The number of hydrogen-bond donors (Lipinski definition) is 0. The zero-order valence-corrected chi connectivity index (χ0v) is 9.54. The van der Waals surface area contributed by atoms with E-state index in [-0.39, 0.29) is 0 Å². The molecular formula is C8H17N2O2P. The highest BCUT2D eigenvalue weighted by atomic mass is 31.2. The van der Waals surface area contributed by atoms with E-state index in [9.17, 15) is 4.57 Å². The monoisotopic (exact) mass is 204 g/mol. The third kappa shape index (κ3) is 3.50. The Morgan fingerprint density at radius 3 is 2.08 bits per heavy atom. The number of hydrogen-bond acceptors (Lipinski definition) is 2. The Balaban J connectivity index is 4.29. The number of terminal acetylenes is 1. The van der Waals surface area contributed by atoms with Crippen molar-refractivity contribution < 1.29 is 9.09 Å². The van der Waals surface area contributed by atoms with Gasteiger partial charge in [-0.1, -0.05) is 0 Å². The largest absolute Gasteiger partial charge is 0.345 e. The Bertz CT molecular complexity index is 221. The summed E-state index contributed by atoms with van der Waals surface area (Å²) in [5, 5.41) is 0. The first kappa shape index (κ1) is 12.7. The van der Waals surface area contributed by atoms with Crippen molar-refractivity contribution >= 4 is 7.67 Å². The Kier molecular flexibility index (Phi) is 5.27. The second-order valence-corrected chi connectivity index (χ2v) is 5.81. The minimum Gasteiger partial charge on any atom is -0.305 e. The van der Waals surface area contributed by atoms with E-state index in [0.29, 0.717) is 13.0 Å². The average molecular weight is 204 g/mol. The standard InChI is InChI=1S/C8H17N2O2P/c1-6-7-8-12-13(11,9(2)3)10(4)5/h1H,7-8H2,2-5H3. The fraction of sp³-hybridized carbons (Fsp3) is 0.750. The van der Waals surface area contributed by atoms with E-state index in [2.05, 4.69) is 5.92 Å². The molecule has 0 aromatic heterocycles. The summed E-state index contributed by atoms with van der Waals surface area (Å²) in [6.45, 7) is 0.324. The molecule has 0 N–H and O–H groups in total. The van der Waals surface area contributed by atoms with Crippen molar-refractivity contribution in [3.8, 4) is 12.3 Å². The molecule has 0 aliphatic rings. The summed E-state index contributed by atoms with van der Waals surface area (Å²) >= 11 is 0. The average Bonchev–Trinajstić information content (AvgIpc) is 2.03. The molecule has 0 aromatic rings. The van der Waals surface area contributed by atoms with Gasteiger partial charge >= 0.3 is 7.67 Å². The molecule has 76 valence electrons. The molecular weight excluding hydrogens is 187 g/mol. The van der Waals surface area contributed by atoms with Crippen LogP contribution in [0, 0.1) is 12.3 Å². The molecule has 0 aliphatic heterocycles. The molecule has 0 amide bonds. The second-order valence-electron chi connectivity index (χ2n) is 2.97. The van der Waals surface area contributed by atoms with E-state index in [1.165, 1.54) is 0 Å². The second kappa shape index (κ2) is 5.41. The first-order valence-corrected chi connectivity index (χ1v) is 5.52. The third-order valence-corrected chi connectivity index (χ3v) is 4.06. The van der Waals surface area contributed by atoms with Crippen LogP contribution in [-0.4, -0.2) is 44.1 Å². The van der Waals surface area contributed by atoms with Crippen LogP contribution in [0.1, 0.15) is 6.42 Å². The first-order valence-electron chi connectivity index (χ1n) is 3.98. The van der Waals surface area contributed by atoms with Gasteiger partial charge in [0.25, 0.3) is 0 Å². The molecule has 13 heavy (non-hydrogen) atoms. The number of nitrogens with zero attached hydrogens (tertiary/aromatic N) is 2. The Labute approximate surface area is 80.4 Å². The summed E-state index contributed by atoms with van der Waals surface area (Å²) in [6.07, 6.45) is 5.54. The predicted octanol–water partition coefficient (Wildman–Crippen LogP) is 1.26. The maximum Gasteiger partial charge on any atom is 0.345 e. The maximum atomic E-state index is 12.0. The molecule has 5 heteroatoms. The van der Waals surface area contributed by atoms with Crippen molar-refractivity contribution in [1.82, 2.24) is 9.34 Å². The first-order chi connectivity index (χ1) is 5.95. The molecule has 4 nitrogen and oxygen atoms in total. The zero-order chi connectivity index (χ0) is 10.5. The topological polar surface area (TPSA) is 32.8 Å². The minimum atomic E-state index is -2.82. The van der Waals surface area contributed by atoms with Crippen molar-refractivity contribution in [2.75, 3.05) is 34.8 Å². The highest BCUT2D eigenvalue weighted by Gasteiger charge is 2.28. The zero-order valence-electron chi connectivity index (χ0n) is 8.65. The Morgan fingerprint density at radius 1 is 1.31 bits per heavy atom. The van der Waals surface area contributed by atoms with Gasteiger partial charge in [-0.3, -0.25) is 4.57 Å². The van der Waals surface area contributed by atoms with Crippen LogP contribution in [0.3, 0.4) is 0 Å². The molecule has 0 saturated carbocycles. The van der Waals surface area contributed by atoms with Gasteiger partial charge in [0.15, 0.2) is 0 Å². The molecule has 0 radical (unpaired) electrons. The van der Waals surface area contributed by atoms with E-state index in [0.717, 1.165) is 0 Å². The van der Waals surface area contributed by atoms with Gasteiger partial charge in [-0.15, -0.1) is 12.3 Å².